The SMILES string of the molecule is NC(=O)c1cccc(COC(=O)c2ccc(N)cn2)c1. The Bertz CT molecular complexity index is 638. The fraction of sp³-hybridized carbons (Fsp3) is 0.0714. The van der Waals surface area contributed by atoms with Crippen molar-refractivity contribution in [1.29, 1.82) is 0 Å². The summed E-state index contributed by atoms with van der Waals surface area (Å²) >= 11 is 0. The van der Waals surface area contributed by atoms with Crippen molar-refractivity contribution >= 4 is 17.6 Å². The molecular weight excluding hydrogens is 258 g/mol. The number of hydrogen-bond donors (Lipinski definition) is 2. The van der Waals surface area contributed by atoms with Crippen LogP contribution in [0, 0.1) is 0 Å². The smallest absolute Gasteiger partial charge is 0.357 e. The van der Waals surface area contributed by atoms with Gasteiger partial charge in [0, 0.05) is 5.56 Å². The van der Waals surface area contributed by atoms with Crippen LogP contribution in [0.1, 0.15) is 26.4 Å². The van der Waals surface area contributed by atoms with Crippen LogP contribution in [0.25, 0.3) is 0 Å². The van der Waals surface area contributed by atoms with E-state index in [1.165, 1.54) is 12.3 Å². The number of nitrogen functional groups attached to an aromatic ring is 1. The molecule has 0 aliphatic carbocycles. The maximum absolute atomic E-state index is 11.7. The van der Waals surface area contributed by atoms with Crippen molar-refractivity contribution in [1.82, 2.24) is 4.98 Å². The summed E-state index contributed by atoms with van der Waals surface area (Å²) in [5, 5.41) is 0. The third-order valence-corrected chi connectivity index (χ3v) is 2.58. The van der Waals surface area contributed by atoms with Gasteiger partial charge < -0.3 is 16.2 Å². The highest BCUT2D eigenvalue weighted by Gasteiger charge is 2.09. The second-order valence-electron chi connectivity index (χ2n) is 4.12. The summed E-state index contributed by atoms with van der Waals surface area (Å²) in [5.41, 5.74) is 12.3. The summed E-state index contributed by atoms with van der Waals surface area (Å²) in [5.74, 6) is -1.09. The van der Waals surface area contributed by atoms with Gasteiger partial charge in [0.05, 0.1) is 11.9 Å². The molecule has 1 heterocycles. The standard InChI is InChI=1S/C14H13N3O3/c15-11-4-5-12(17-7-11)14(19)20-8-9-2-1-3-10(6-9)13(16)18/h1-7H,8,15H2,(H2,16,18). The Hall–Kier alpha value is -2.89. The van der Waals surface area contributed by atoms with E-state index < -0.39 is 11.9 Å². The quantitative estimate of drug-likeness (QED) is 0.810. The number of carbonyl (C=O) groups is 2. The number of primary amides is 1. The van der Waals surface area contributed by atoms with Gasteiger partial charge in [0.25, 0.3) is 0 Å². The van der Waals surface area contributed by atoms with Crippen molar-refractivity contribution in [2.24, 2.45) is 5.73 Å². The van der Waals surface area contributed by atoms with Gasteiger partial charge in [-0.3, -0.25) is 4.79 Å². The van der Waals surface area contributed by atoms with Crippen LogP contribution in [0.4, 0.5) is 5.69 Å². The van der Waals surface area contributed by atoms with Crippen molar-refractivity contribution in [3.8, 4) is 0 Å². The van der Waals surface area contributed by atoms with Crippen LogP contribution < -0.4 is 11.5 Å². The third-order valence-electron chi connectivity index (χ3n) is 2.58. The second kappa shape index (κ2) is 5.83. The molecule has 1 aromatic carbocycles. The van der Waals surface area contributed by atoms with E-state index in [1.807, 2.05) is 0 Å². The Morgan fingerprint density at radius 3 is 2.65 bits per heavy atom. The Labute approximate surface area is 115 Å². The average molecular weight is 271 g/mol. The number of carbonyl (C=O) groups excluding carboxylic acids is 2. The van der Waals surface area contributed by atoms with Gasteiger partial charge >= 0.3 is 5.97 Å². The van der Waals surface area contributed by atoms with E-state index >= 15 is 0 Å². The van der Waals surface area contributed by atoms with Crippen LogP contribution in [0.15, 0.2) is 42.6 Å². The number of amides is 1. The first kappa shape index (κ1) is 13.5. The monoisotopic (exact) mass is 271 g/mol. The summed E-state index contributed by atoms with van der Waals surface area (Å²) in [7, 11) is 0. The largest absolute Gasteiger partial charge is 0.456 e. The molecule has 0 radical (unpaired) electrons. The Balaban J connectivity index is 2.01. The minimum Gasteiger partial charge on any atom is -0.456 e. The lowest BCUT2D eigenvalue weighted by Crippen LogP contribution is -2.12. The van der Waals surface area contributed by atoms with E-state index in [1.54, 1.807) is 30.3 Å². The molecule has 20 heavy (non-hydrogen) atoms. The lowest BCUT2D eigenvalue weighted by atomic mass is 10.1. The molecule has 0 saturated heterocycles. The van der Waals surface area contributed by atoms with Crippen LogP contribution in [-0.2, 0) is 11.3 Å². The topological polar surface area (TPSA) is 108 Å². The van der Waals surface area contributed by atoms with Gasteiger partial charge in [-0.25, -0.2) is 9.78 Å². The number of esters is 1. The highest BCUT2D eigenvalue weighted by Crippen LogP contribution is 2.08. The predicted molar refractivity (Wildman–Crippen MR) is 72.7 cm³/mol. The zero-order valence-electron chi connectivity index (χ0n) is 10.6. The molecule has 0 aliphatic rings. The fourth-order valence-corrected chi connectivity index (χ4v) is 1.56. The molecule has 0 bridgehead atoms. The van der Waals surface area contributed by atoms with Gasteiger partial charge in [-0.2, -0.15) is 0 Å². The van der Waals surface area contributed by atoms with Crippen molar-refractivity contribution in [3.05, 3.63) is 59.4 Å². The number of pyridine rings is 1. The molecule has 2 rings (SSSR count). The molecule has 1 aromatic heterocycles. The number of hydrogen-bond acceptors (Lipinski definition) is 5. The maximum atomic E-state index is 11.7. The number of ether oxygens (including phenoxy) is 1. The zero-order chi connectivity index (χ0) is 14.5. The first-order valence-corrected chi connectivity index (χ1v) is 5.83. The van der Waals surface area contributed by atoms with E-state index in [0.29, 0.717) is 16.8 Å². The second-order valence-corrected chi connectivity index (χ2v) is 4.12. The maximum Gasteiger partial charge on any atom is 0.357 e. The molecular formula is C14H13N3O3. The zero-order valence-corrected chi connectivity index (χ0v) is 10.6. The van der Waals surface area contributed by atoms with E-state index in [9.17, 15) is 9.59 Å². The highest BCUT2D eigenvalue weighted by molar-refractivity contribution is 5.93. The van der Waals surface area contributed by atoms with Crippen molar-refractivity contribution in [2.75, 3.05) is 5.73 Å². The number of anilines is 1. The first-order valence-electron chi connectivity index (χ1n) is 5.83. The minimum atomic E-state index is -0.561. The van der Waals surface area contributed by atoms with Crippen LogP contribution in [0.3, 0.4) is 0 Å². The molecule has 1 amide bonds. The van der Waals surface area contributed by atoms with Gasteiger partial charge in [0.1, 0.15) is 12.3 Å². The average Bonchev–Trinajstić information content (AvgIpc) is 2.46. The van der Waals surface area contributed by atoms with Gasteiger partial charge in [0.15, 0.2) is 0 Å². The molecule has 6 nitrogen and oxygen atoms in total. The summed E-state index contributed by atoms with van der Waals surface area (Å²) in [6.07, 6.45) is 1.38. The Morgan fingerprint density at radius 2 is 2.00 bits per heavy atom. The molecule has 0 atom stereocenters. The lowest BCUT2D eigenvalue weighted by molar-refractivity contribution is 0.0466. The molecule has 102 valence electrons. The van der Waals surface area contributed by atoms with E-state index in [-0.39, 0.29) is 12.3 Å². The number of nitrogens with zero attached hydrogens (tertiary/aromatic N) is 1. The third kappa shape index (κ3) is 3.32. The van der Waals surface area contributed by atoms with Gasteiger partial charge in [-0.1, -0.05) is 12.1 Å². The van der Waals surface area contributed by atoms with E-state index in [2.05, 4.69) is 4.98 Å². The summed E-state index contributed by atoms with van der Waals surface area (Å²) in [4.78, 5) is 26.6. The van der Waals surface area contributed by atoms with Crippen molar-refractivity contribution < 1.29 is 14.3 Å². The first-order chi connectivity index (χ1) is 9.56. The van der Waals surface area contributed by atoms with Crippen molar-refractivity contribution in [3.63, 3.8) is 0 Å². The van der Waals surface area contributed by atoms with E-state index in [4.69, 9.17) is 16.2 Å². The Kier molecular flexibility index (Phi) is 3.95. The number of benzene rings is 1. The predicted octanol–water partition coefficient (Wildman–Crippen LogP) is 1.12. The van der Waals surface area contributed by atoms with Gasteiger partial charge in [0.2, 0.25) is 5.91 Å². The number of rotatable bonds is 4. The molecule has 0 fully saturated rings. The Morgan fingerprint density at radius 1 is 1.20 bits per heavy atom. The molecule has 0 saturated carbocycles. The molecule has 0 unspecified atom stereocenters. The number of aromatic nitrogens is 1. The minimum absolute atomic E-state index is 0.0337. The van der Waals surface area contributed by atoms with Crippen LogP contribution >= 0.6 is 0 Å². The van der Waals surface area contributed by atoms with E-state index in [0.717, 1.165) is 0 Å². The molecule has 2 aromatic rings. The summed E-state index contributed by atoms with van der Waals surface area (Å²) in [6, 6.07) is 9.62. The fourth-order valence-electron chi connectivity index (χ4n) is 1.56. The summed E-state index contributed by atoms with van der Waals surface area (Å²) < 4.78 is 5.09. The molecule has 6 heteroatoms. The van der Waals surface area contributed by atoms with Gasteiger partial charge in [-0.05, 0) is 29.8 Å². The summed E-state index contributed by atoms with van der Waals surface area (Å²) in [6.45, 7) is 0.0337. The van der Waals surface area contributed by atoms with Crippen LogP contribution in [-0.4, -0.2) is 16.9 Å². The molecule has 0 spiro atoms. The normalized spacial score (nSPS) is 10.0. The van der Waals surface area contributed by atoms with Crippen LogP contribution in [0.2, 0.25) is 0 Å². The molecule has 0 aliphatic heterocycles. The van der Waals surface area contributed by atoms with Crippen LogP contribution in [0.5, 0.6) is 0 Å². The van der Waals surface area contributed by atoms with Gasteiger partial charge in [-0.15, -0.1) is 0 Å². The highest BCUT2D eigenvalue weighted by atomic mass is 16.5. The molecule has 4 N–H and O–H groups in total. The number of nitrogens with two attached hydrogens (primary N) is 2. The lowest BCUT2D eigenvalue weighted by Gasteiger charge is -2.05. The van der Waals surface area contributed by atoms with Crippen molar-refractivity contribution in [2.45, 2.75) is 6.61 Å².